The van der Waals surface area contributed by atoms with Gasteiger partial charge in [0.1, 0.15) is 17.0 Å². The van der Waals surface area contributed by atoms with Crippen LogP contribution in [-0.4, -0.2) is 60.1 Å². The molecule has 0 aliphatic carbocycles. The lowest BCUT2D eigenvalue weighted by atomic mass is 10.1. The van der Waals surface area contributed by atoms with Gasteiger partial charge in [0.2, 0.25) is 0 Å². The topological polar surface area (TPSA) is 80.8 Å². The second-order valence-corrected chi connectivity index (χ2v) is 8.47. The fourth-order valence-electron chi connectivity index (χ4n) is 3.62. The normalized spacial score (nSPS) is 13.6. The van der Waals surface area contributed by atoms with Crippen molar-refractivity contribution in [3.8, 4) is 5.75 Å². The van der Waals surface area contributed by atoms with Crippen LogP contribution < -0.4 is 10.1 Å². The number of methoxy groups -OCH3 is 1. The molecule has 1 amide bonds. The van der Waals surface area contributed by atoms with Crippen LogP contribution in [0.15, 0.2) is 48.5 Å². The van der Waals surface area contributed by atoms with Gasteiger partial charge in [-0.1, -0.05) is 18.2 Å². The number of carbonyl (C=O) groups excluding carboxylic acids is 2. The summed E-state index contributed by atoms with van der Waals surface area (Å²) in [5.74, 6) is 1.97. The van der Waals surface area contributed by atoms with E-state index in [1.165, 1.54) is 0 Å². The van der Waals surface area contributed by atoms with Crippen molar-refractivity contribution < 1.29 is 19.1 Å². The number of nitrogens with one attached hydrogen (secondary N) is 1. The van der Waals surface area contributed by atoms with Gasteiger partial charge in [0.05, 0.1) is 25.0 Å². The minimum atomic E-state index is -0.378. The van der Waals surface area contributed by atoms with Gasteiger partial charge >= 0.3 is 5.97 Å². The minimum absolute atomic E-state index is 0.0959. The summed E-state index contributed by atoms with van der Waals surface area (Å²) in [5, 5.41) is 4.17. The zero-order valence-electron chi connectivity index (χ0n) is 18.1. The molecule has 2 aromatic carbocycles. The van der Waals surface area contributed by atoms with Gasteiger partial charge in [0.25, 0.3) is 5.91 Å². The van der Waals surface area contributed by atoms with Crippen molar-refractivity contribution in [2.24, 2.45) is 0 Å². The molecule has 0 atom stereocenters. The molecule has 4 rings (SSSR count). The van der Waals surface area contributed by atoms with Gasteiger partial charge in [-0.2, -0.15) is 11.8 Å². The lowest BCUT2D eigenvalue weighted by Gasteiger charge is -2.26. The van der Waals surface area contributed by atoms with Crippen LogP contribution in [0.5, 0.6) is 5.75 Å². The van der Waals surface area contributed by atoms with Crippen molar-refractivity contribution in [3.05, 3.63) is 59.8 Å². The number of hydrogen-bond acceptors (Lipinski definition) is 7. The van der Waals surface area contributed by atoms with Crippen molar-refractivity contribution in [2.75, 3.05) is 43.6 Å². The third kappa shape index (κ3) is 4.65. The Hall–Kier alpha value is -3.26. The number of thioether (sulfide) groups is 1. The molecule has 1 saturated heterocycles. The lowest BCUT2D eigenvalue weighted by Crippen LogP contribution is -2.38. The molecule has 1 aliphatic rings. The number of aromatic nitrogens is 1. The smallest absolute Gasteiger partial charge is 0.338 e. The molecule has 166 valence electrons. The number of nitrogens with zero attached hydrogens (tertiary/aromatic N) is 2. The van der Waals surface area contributed by atoms with Crippen LogP contribution in [0.3, 0.4) is 0 Å². The van der Waals surface area contributed by atoms with Gasteiger partial charge in [-0.05, 0) is 37.3 Å². The van der Waals surface area contributed by atoms with E-state index in [1.54, 1.807) is 38.3 Å². The fraction of sp³-hybridized carbons (Fsp3) is 0.292. The highest BCUT2D eigenvalue weighted by atomic mass is 32.2. The zero-order valence-corrected chi connectivity index (χ0v) is 18.9. The second kappa shape index (κ2) is 9.91. The van der Waals surface area contributed by atoms with E-state index in [2.05, 4.69) is 10.3 Å². The molecule has 8 heteroatoms. The number of fused-ring (bicyclic) bond motifs is 1. The third-order valence-corrected chi connectivity index (χ3v) is 6.14. The molecule has 0 unspecified atom stereocenters. The first-order valence-electron chi connectivity index (χ1n) is 10.5. The summed E-state index contributed by atoms with van der Waals surface area (Å²) in [6.45, 7) is 3.50. The van der Waals surface area contributed by atoms with Crippen LogP contribution in [0, 0.1) is 0 Å². The Balaban J connectivity index is 1.75. The summed E-state index contributed by atoms with van der Waals surface area (Å²) < 4.78 is 10.6. The Labute approximate surface area is 191 Å². The summed E-state index contributed by atoms with van der Waals surface area (Å²) in [4.78, 5) is 31.8. The molecule has 2 heterocycles. The first-order valence-corrected chi connectivity index (χ1v) is 11.6. The van der Waals surface area contributed by atoms with Crippen molar-refractivity contribution in [2.45, 2.75) is 6.92 Å². The van der Waals surface area contributed by atoms with Crippen LogP contribution in [-0.2, 0) is 4.74 Å². The molecule has 0 bridgehead atoms. The molecule has 0 radical (unpaired) electrons. The van der Waals surface area contributed by atoms with E-state index in [9.17, 15) is 9.59 Å². The molecule has 1 aliphatic heterocycles. The lowest BCUT2D eigenvalue weighted by molar-refractivity contribution is 0.0526. The minimum Gasteiger partial charge on any atom is -0.494 e. The summed E-state index contributed by atoms with van der Waals surface area (Å²) >= 11 is 1.85. The molecule has 32 heavy (non-hydrogen) atoms. The number of benzene rings is 2. The fourth-order valence-corrected chi connectivity index (χ4v) is 4.53. The van der Waals surface area contributed by atoms with Crippen LogP contribution in [0.1, 0.15) is 27.8 Å². The highest BCUT2D eigenvalue weighted by Crippen LogP contribution is 2.32. The zero-order chi connectivity index (χ0) is 22.5. The van der Waals surface area contributed by atoms with E-state index in [0.717, 1.165) is 16.9 Å². The maximum Gasteiger partial charge on any atom is 0.338 e. The molecule has 1 fully saturated rings. The standard InChI is InChI=1S/C24H25N3O4S/c1-3-31-24(29)16-6-4-7-17(14-16)25-19-15-20(23(28)27-10-12-32-13-11-27)26-22-18(19)8-5-9-21(22)30-2/h4-9,14-15H,3,10-13H2,1-2H3,(H,25,26). The van der Waals surface area contributed by atoms with E-state index in [1.807, 2.05) is 40.9 Å². The Morgan fingerprint density at radius 2 is 1.91 bits per heavy atom. The number of esters is 1. The first-order chi connectivity index (χ1) is 15.6. The molecule has 3 aromatic rings. The van der Waals surface area contributed by atoms with Gasteiger partial charge in [-0.15, -0.1) is 0 Å². The highest BCUT2D eigenvalue weighted by molar-refractivity contribution is 7.99. The number of pyridine rings is 1. The van der Waals surface area contributed by atoms with E-state index < -0.39 is 0 Å². The Morgan fingerprint density at radius 1 is 1.12 bits per heavy atom. The number of ether oxygens (including phenoxy) is 2. The van der Waals surface area contributed by atoms with Crippen molar-refractivity contribution in [1.82, 2.24) is 9.88 Å². The SMILES string of the molecule is CCOC(=O)c1cccc(Nc2cc(C(=O)N3CCSCC3)nc3c(OC)cccc23)c1. The van der Waals surface area contributed by atoms with E-state index in [0.29, 0.717) is 53.6 Å². The van der Waals surface area contributed by atoms with Gasteiger partial charge in [-0.25, -0.2) is 9.78 Å². The van der Waals surface area contributed by atoms with Crippen LogP contribution in [0.2, 0.25) is 0 Å². The van der Waals surface area contributed by atoms with Gasteiger partial charge in [0, 0.05) is 35.7 Å². The molecular weight excluding hydrogens is 426 g/mol. The number of anilines is 2. The quantitative estimate of drug-likeness (QED) is 0.558. The number of carbonyl (C=O) groups is 2. The largest absolute Gasteiger partial charge is 0.494 e. The summed E-state index contributed by atoms with van der Waals surface area (Å²) in [6, 6.07) is 14.5. The Kier molecular flexibility index (Phi) is 6.80. The molecular formula is C24H25N3O4S. The Bertz CT molecular complexity index is 1150. The van der Waals surface area contributed by atoms with Gasteiger partial charge in [0.15, 0.2) is 0 Å². The van der Waals surface area contributed by atoms with Crippen molar-refractivity contribution in [1.29, 1.82) is 0 Å². The molecule has 0 saturated carbocycles. The highest BCUT2D eigenvalue weighted by Gasteiger charge is 2.22. The summed E-state index contributed by atoms with van der Waals surface area (Å²) in [5.41, 5.74) is 2.84. The second-order valence-electron chi connectivity index (χ2n) is 7.24. The monoisotopic (exact) mass is 451 g/mol. The van der Waals surface area contributed by atoms with Gasteiger partial charge in [-0.3, -0.25) is 4.79 Å². The maximum absolute atomic E-state index is 13.2. The number of rotatable bonds is 6. The van der Waals surface area contributed by atoms with E-state index >= 15 is 0 Å². The third-order valence-electron chi connectivity index (χ3n) is 5.19. The van der Waals surface area contributed by atoms with Crippen molar-refractivity contribution in [3.63, 3.8) is 0 Å². The van der Waals surface area contributed by atoms with E-state index in [4.69, 9.17) is 9.47 Å². The predicted octanol–water partition coefficient (Wildman–Crippen LogP) is 4.35. The number of para-hydroxylation sites is 1. The van der Waals surface area contributed by atoms with E-state index in [-0.39, 0.29) is 11.9 Å². The number of hydrogen-bond donors (Lipinski definition) is 1. The molecule has 7 nitrogen and oxygen atoms in total. The van der Waals surface area contributed by atoms with Crippen LogP contribution in [0.4, 0.5) is 11.4 Å². The summed E-state index contributed by atoms with van der Waals surface area (Å²) in [6.07, 6.45) is 0. The average Bonchev–Trinajstić information content (AvgIpc) is 2.84. The molecule has 1 N–H and O–H groups in total. The average molecular weight is 452 g/mol. The first kappa shape index (κ1) is 22.0. The maximum atomic E-state index is 13.2. The van der Waals surface area contributed by atoms with Crippen LogP contribution >= 0.6 is 11.8 Å². The van der Waals surface area contributed by atoms with Crippen molar-refractivity contribution >= 4 is 45.9 Å². The molecule has 1 aromatic heterocycles. The summed E-state index contributed by atoms with van der Waals surface area (Å²) in [7, 11) is 1.59. The van der Waals surface area contributed by atoms with Gasteiger partial charge < -0.3 is 19.7 Å². The number of amides is 1. The predicted molar refractivity (Wildman–Crippen MR) is 127 cm³/mol. The van der Waals surface area contributed by atoms with Crippen LogP contribution in [0.25, 0.3) is 10.9 Å². The Morgan fingerprint density at radius 3 is 2.66 bits per heavy atom. The molecule has 0 spiro atoms.